The van der Waals surface area contributed by atoms with Crippen LogP contribution >= 0.6 is 0 Å². The second-order valence-corrected chi connectivity index (χ2v) is 5.19. The molecule has 1 aliphatic heterocycles. The number of rotatable bonds is 4. The van der Waals surface area contributed by atoms with Crippen molar-refractivity contribution in [2.75, 3.05) is 13.7 Å². The summed E-state index contributed by atoms with van der Waals surface area (Å²) in [7, 11) is 1.80. The molecule has 0 aromatic heterocycles. The lowest BCUT2D eigenvalue weighted by Crippen LogP contribution is -2.30. The first kappa shape index (κ1) is 11.0. The van der Waals surface area contributed by atoms with Crippen molar-refractivity contribution < 1.29 is 4.74 Å². The average molecular weight is 204 g/mol. The van der Waals surface area contributed by atoms with Gasteiger partial charge in [0.25, 0.3) is 0 Å². The monoisotopic (exact) mass is 204 g/mol. The molecule has 0 aromatic carbocycles. The molecule has 2 rings (SSSR count). The Bertz CT molecular complexity index is 259. The van der Waals surface area contributed by atoms with Crippen molar-refractivity contribution in [3.8, 4) is 0 Å². The molecule has 1 fully saturated rings. The van der Waals surface area contributed by atoms with Crippen LogP contribution in [-0.4, -0.2) is 20.4 Å². The second kappa shape index (κ2) is 5.02. The summed E-state index contributed by atoms with van der Waals surface area (Å²) in [6, 6.07) is 0. The molecule has 1 nitrogen and oxygen atoms in total. The lowest BCUT2D eigenvalue weighted by molar-refractivity contribution is 0.214. The molecule has 0 N–H and O–H groups in total. The summed E-state index contributed by atoms with van der Waals surface area (Å²) in [5, 5.41) is 0. The van der Waals surface area contributed by atoms with Crippen LogP contribution in [0.4, 0.5) is 0 Å². The Morgan fingerprint density at radius 1 is 1.60 bits per heavy atom. The molecule has 2 bridgehead atoms. The zero-order valence-electron chi connectivity index (χ0n) is 9.74. The minimum absolute atomic E-state index is 0.826. The van der Waals surface area contributed by atoms with Gasteiger partial charge in [-0.1, -0.05) is 31.1 Å². The maximum Gasteiger partial charge on any atom is 0.144 e. The Morgan fingerprint density at radius 3 is 3.13 bits per heavy atom. The molecule has 1 heterocycles. The maximum absolute atomic E-state index is 5.24. The van der Waals surface area contributed by atoms with E-state index < -0.39 is 0 Å². The Labute approximate surface area is 93.7 Å². The van der Waals surface area contributed by atoms with Gasteiger partial charge in [0, 0.05) is 7.11 Å². The molecule has 2 unspecified atom stereocenters. The van der Waals surface area contributed by atoms with Gasteiger partial charge in [-0.3, -0.25) is 0 Å². The highest BCUT2D eigenvalue weighted by Gasteiger charge is 2.32. The molecule has 1 saturated heterocycles. The Morgan fingerprint density at radius 2 is 2.47 bits per heavy atom. The quantitative estimate of drug-likeness (QED) is 0.504. The molecule has 2 aliphatic rings. The van der Waals surface area contributed by atoms with E-state index in [0.29, 0.717) is 0 Å². The van der Waals surface area contributed by atoms with Gasteiger partial charge in [0.05, 0.1) is 6.61 Å². The molecule has 82 valence electrons. The summed E-state index contributed by atoms with van der Waals surface area (Å²) in [4.78, 5) is 0. The Hall–Kier alpha value is -0.495. The van der Waals surface area contributed by atoms with Crippen LogP contribution < -0.4 is 0 Å². The number of hydrogen-bond acceptors (Lipinski definition) is 1. The van der Waals surface area contributed by atoms with Crippen LogP contribution in [0.2, 0.25) is 19.0 Å². The van der Waals surface area contributed by atoms with Crippen molar-refractivity contribution in [3.63, 3.8) is 0 Å². The summed E-state index contributed by atoms with van der Waals surface area (Å²) < 4.78 is 5.24. The predicted octanol–water partition coefficient (Wildman–Crippen LogP) is 3.28. The molecular weight excluding hydrogens is 183 g/mol. The standard InChI is InChI=1S/C13H21BO/c1-3-4-14-8-11-5-12(9-14)7-13(6-11)10-15-2/h3,6,11-12H,1,4-5,7-10H2,2H3. The third kappa shape index (κ3) is 2.75. The SMILES string of the molecule is C=CCB1CC2C=C(COC)CC(C1)C2. The number of methoxy groups -OCH3 is 1. The van der Waals surface area contributed by atoms with Gasteiger partial charge in [0.15, 0.2) is 0 Å². The summed E-state index contributed by atoms with van der Waals surface area (Å²) in [6.07, 6.45) is 11.2. The molecule has 2 atom stereocenters. The van der Waals surface area contributed by atoms with Crippen LogP contribution in [0.5, 0.6) is 0 Å². The first-order valence-corrected chi connectivity index (χ1v) is 6.11. The molecule has 0 spiro atoms. The summed E-state index contributed by atoms with van der Waals surface area (Å²) in [6.45, 7) is 5.60. The molecule has 0 amide bonds. The highest BCUT2D eigenvalue weighted by Crippen LogP contribution is 2.40. The largest absolute Gasteiger partial charge is 0.380 e. The Balaban J connectivity index is 1.97. The maximum atomic E-state index is 5.24. The molecule has 15 heavy (non-hydrogen) atoms. The van der Waals surface area contributed by atoms with E-state index in [1.165, 1.54) is 37.4 Å². The highest BCUT2D eigenvalue weighted by molar-refractivity contribution is 6.59. The first-order chi connectivity index (χ1) is 7.31. The van der Waals surface area contributed by atoms with E-state index in [1.54, 1.807) is 7.11 Å². The molecule has 1 aliphatic carbocycles. The normalized spacial score (nSPS) is 29.9. The average Bonchev–Trinajstić information content (AvgIpc) is 2.17. The fraction of sp³-hybridized carbons (Fsp3) is 0.692. The predicted molar refractivity (Wildman–Crippen MR) is 66.5 cm³/mol. The number of hydrogen-bond donors (Lipinski definition) is 0. The lowest BCUT2D eigenvalue weighted by Gasteiger charge is -2.36. The third-order valence-corrected chi connectivity index (χ3v) is 3.79. The zero-order valence-corrected chi connectivity index (χ0v) is 9.74. The smallest absolute Gasteiger partial charge is 0.144 e. The topological polar surface area (TPSA) is 9.23 Å². The van der Waals surface area contributed by atoms with Crippen LogP contribution in [0.25, 0.3) is 0 Å². The molecule has 0 radical (unpaired) electrons. The van der Waals surface area contributed by atoms with Crippen LogP contribution in [0, 0.1) is 11.8 Å². The van der Waals surface area contributed by atoms with Crippen molar-refractivity contribution in [2.45, 2.75) is 31.8 Å². The van der Waals surface area contributed by atoms with Crippen LogP contribution in [-0.2, 0) is 4.74 Å². The van der Waals surface area contributed by atoms with E-state index >= 15 is 0 Å². The lowest BCUT2D eigenvalue weighted by atomic mass is 9.35. The zero-order chi connectivity index (χ0) is 10.7. The van der Waals surface area contributed by atoms with Gasteiger partial charge in [-0.15, -0.1) is 6.58 Å². The molecule has 0 aromatic rings. The van der Waals surface area contributed by atoms with Gasteiger partial charge in [-0.25, -0.2) is 0 Å². The van der Waals surface area contributed by atoms with E-state index in [-0.39, 0.29) is 0 Å². The number of ether oxygens (including phenoxy) is 1. The van der Waals surface area contributed by atoms with Crippen LogP contribution in [0.15, 0.2) is 24.3 Å². The van der Waals surface area contributed by atoms with Crippen molar-refractivity contribution in [2.24, 2.45) is 11.8 Å². The van der Waals surface area contributed by atoms with E-state index in [4.69, 9.17) is 4.74 Å². The minimum Gasteiger partial charge on any atom is -0.380 e. The van der Waals surface area contributed by atoms with Crippen LogP contribution in [0.3, 0.4) is 0 Å². The summed E-state index contributed by atoms with van der Waals surface area (Å²) in [5.41, 5.74) is 1.54. The summed E-state index contributed by atoms with van der Waals surface area (Å²) in [5.74, 6) is 1.75. The van der Waals surface area contributed by atoms with E-state index in [1.807, 2.05) is 0 Å². The Kier molecular flexibility index (Phi) is 3.68. The molecule has 0 saturated carbocycles. The minimum atomic E-state index is 0.826. The fourth-order valence-electron chi connectivity index (χ4n) is 3.41. The van der Waals surface area contributed by atoms with E-state index in [9.17, 15) is 0 Å². The van der Waals surface area contributed by atoms with Crippen molar-refractivity contribution >= 4 is 6.71 Å². The van der Waals surface area contributed by atoms with Gasteiger partial charge < -0.3 is 4.74 Å². The van der Waals surface area contributed by atoms with Gasteiger partial charge in [-0.05, 0) is 30.3 Å². The van der Waals surface area contributed by atoms with E-state index in [0.717, 1.165) is 25.2 Å². The van der Waals surface area contributed by atoms with Crippen molar-refractivity contribution in [3.05, 3.63) is 24.3 Å². The van der Waals surface area contributed by atoms with Gasteiger partial charge in [0.2, 0.25) is 0 Å². The van der Waals surface area contributed by atoms with Gasteiger partial charge in [-0.2, -0.15) is 0 Å². The van der Waals surface area contributed by atoms with Crippen molar-refractivity contribution in [1.29, 1.82) is 0 Å². The van der Waals surface area contributed by atoms with E-state index in [2.05, 4.69) is 18.7 Å². The molecular formula is C13H21BO. The number of fused-ring (bicyclic) bond motifs is 2. The second-order valence-electron chi connectivity index (χ2n) is 5.19. The first-order valence-electron chi connectivity index (χ1n) is 6.11. The fourth-order valence-corrected chi connectivity index (χ4v) is 3.41. The van der Waals surface area contributed by atoms with Gasteiger partial charge in [0.1, 0.15) is 6.71 Å². The third-order valence-electron chi connectivity index (χ3n) is 3.79. The number of allylic oxidation sites excluding steroid dienone is 2. The highest BCUT2D eigenvalue weighted by atomic mass is 16.5. The van der Waals surface area contributed by atoms with Crippen molar-refractivity contribution in [1.82, 2.24) is 0 Å². The molecule has 2 heteroatoms. The van der Waals surface area contributed by atoms with Gasteiger partial charge >= 0.3 is 0 Å². The van der Waals surface area contributed by atoms with Crippen LogP contribution in [0.1, 0.15) is 12.8 Å². The summed E-state index contributed by atoms with van der Waals surface area (Å²) >= 11 is 0.